The first-order chi connectivity index (χ1) is 8.02. The van der Waals surface area contributed by atoms with E-state index in [1.165, 1.54) is 4.31 Å². The summed E-state index contributed by atoms with van der Waals surface area (Å²) >= 11 is 1.66. The Kier molecular flexibility index (Phi) is 6.22. The summed E-state index contributed by atoms with van der Waals surface area (Å²) in [5.74, 6) is 1.31. The highest BCUT2D eigenvalue weighted by molar-refractivity contribution is 7.98. The third-order valence-electron chi connectivity index (χ3n) is 3.24. The molecule has 0 radical (unpaired) electrons. The zero-order valence-corrected chi connectivity index (χ0v) is 12.3. The first-order valence-corrected chi connectivity index (χ1v) is 8.72. The van der Waals surface area contributed by atoms with E-state index in [-0.39, 0.29) is 0 Å². The van der Waals surface area contributed by atoms with Crippen molar-refractivity contribution in [3.8, 4) is 0 Å². The number of nitrogens with two attached hydrogens (primary N) is 1. The average molecular weight is 281 g/mol. The SMILES string of the molecule is CSCCN(C)S(=O)(=O)N1CCC(CN)CC1. The monoisotopic (exact) mass is 281 g/mol. The molecule has 1 aliphatic heterocycles. The van der Waals surface area contributed by atoms with Crippen molar-refractivity contribution in [3.05, 3.63) is 0 Å². The first-order valence-electron chi connectivity index (χ1n) is 5.92. The van der Waals surface area contributed by atoms with Gasteiger partial charge in [-0.1, -0.05) is 0 Å². The van der Waals surface area contributed by atoms with Crippen LogP contribution in [0, 0.1) is 5.92 Å². The summed E-state index contributed by atoms with van der Waals surface area (Å²) in [4.78, 5) is 0. The number of nitrogens with zero attached hydrogens (tertiary/aromatic N) is 2. The van der Waals surface area contributed by atoms with Crippen molar-refractivity contribution < 1.29 is 8.42 Å². The predicted molar refractivity (Wildman–Crippen MR) is 73.3 cm³/mol. The Balaban J connectivity index is 2.53. The normalized spacial score (nSPS) is 20.0. The topological polar surface area (TPSA) is 66.6 Å². The molecule has 0 spiro atoms. The van der Waals surface area contributed by atoms with Gasteiger partial charge in [0.25, 0.3) is 10.2 Å². The van der Waals surface area contributed by atoms with Gasteiger partial charge in [0.05, 0.1) is 0 Å². The Morgan fingerprint density at radius 2 is 2.00 bits per heavy atom. The molecule has 17 heavy (non-hydrogen) atoms. The standard InChI is InChI=1S/C10H23N3O2S2/c1-12(7-8-16-2)17(14,15)13-5-3-10(9-11)4-6-13/h10H,3-9,11H2,1-2H3. The second-order valence-electron chi connectivity index (χ2n) is 4.40. The Labute approximate surface area is 109 Å². The molecule has 0 aromatic heterocycles. The fraction of sp³-hybridized carbons (Fsp3) is 1.00. The largest absolute Gasteiger partial charge is 0.330 e. The first kappa shape index (κ1) is 15.2. The highest BCUT2D eigenvalue weighted by Crippen LogP contribution is 2.19. The quantitative estimate of drug-likeness (QED) is 0.755. The summed E-state index contributed by atoms with van der Waals surface area (Å²) in [5, 5.41) is 0. The zero-order chi connectivity index (χ0) is 12.9. The lowest BCUT2D eigenvalue weighted by molar-refractivity contribution is 0.264. The smallest absolute Gasteiger partial charge is 0.281 e. The minimum absolute atomic E-state index is 0.484. The van der Waals surface area contributed by atoms with Crippen LogP contribution in [0.1, 0.15) is 12.8 Å². The fourth-order valence-electron chi connectivity index (χ4n) is 1.91. The third-order valence-corrected chi connectivity index (χ3v) is 5.82. The van der Waals surface area contributed by atoms with E-state index in [4.69, 9.17) is 5.73 Å². The van der Waals surface area contributed by atoms with Gasteiger partial charge in [0, 0.05) is 32.4 Å². The molecular formula is C10H23N3O2S2. The Bertz CT molecular complexity index is 314. The van der Waals surface area contributed by atoms with Gasteiger partial charge in [-0.15, -0.1) is 0 Å². The van der Waals surface area contributed by atoms with Crippen LogP contribution >= 0.6 is 11.8 Å². The van der Waals surface area contributed by atoms with Crippen molar-refractivity contribution in [2.24, 2.45) is 11.7 Å². The van der Waals surface area contributed by atoms with E-state index in [0.717, 1.165) is 18.6 Å². The van der Waals surface area contributed by atoms with Crippen molar-refractivity contribution in [2.75, 3.05) is 45.2 Å². The number of thioether (sulfide) groups is 1. The lowest BCUT2D eigenvalue weighted by Crippen LogP contribution is -2.47. The van der Waals surface area contributed by atoms with E-state index in [0.29, 0.717) is 32.1 Å². The summed E-state index contributed by atoms with van der Waals surface area (Å²) < 4.78 is 27.4. The highest BCUT2D eigenvalue weighted by atomic mass is 32.2. The minimum Gasteiger partial charge on any atom is -0.330 e. The summed E-state index contributed by atoms with van der Waals surface area (Å²) in [6.07, 6.45) is 3.74. The highest BCUT2D eigenvalue weighted by Gasteiger charge is 2.30. The van der Waals surface area contributed by atoms with Crippen molar-refractivity contribution in [2.45, 2.75) is 12.8 Å². The van der Waals surface area contributed by atoms with Gasteiger partial charge < -0.3 is 5.73 Å². The molecule has 1 heterocycles. The Hall–Kier alpha value is 0.180. The van der Waals surface area contributed by atoms with Crippen molar-refractivity contribution in [3.63, 3.8) is 0 Å². The lowest BCUT2D eigenvalue weighted by atomic mass is 9.99. The summed E-state index contributed by atoms with van der Waals surface area (Å²) in [5.41, 5.74) is 5.60. The van der Waals surface area contributed by atoms with Gasteiger partial charge in [-0.05, 0) is 31.6 Å². The zero-order valence-electron chi connectivity index (χ0n) is 10.6. The number of hydrogen-bond donors (Lipinski definition) is 1. The van der Waals surface area contributed by atoms with E-state index in [1.54, 1.807) is 23.1 Å². The molecule has 1 saturated heterocycles. The van der Waals surface area contributed by atoms with Gasteiger partial charge in [-0.2, -0.15) is 28.8 Å². The van der Waals surface area contributed by atoms with Crippen molar-refractivity contribution in [1.29, 1.82) is 0 Å². The maximum absolute atomic E-state index is 12.2. The summed E-state index contributed by atoms with van der Waals surface area (Å²) in [6, 6.07) is 0. The molecule has 102 valence electrons. The van der Waals surface area contributed by atoms with Gasteiger partial charge in [-0.25, -0.2) is 0 Å². The lowest BCUT2D eigenvalue weighted by Gasteiger charge is -2.33. The van der Waals surface area contributed by atoms with Crippen LogP contribution in [0.2, 0.25) is 0 Å². The van der Waals surface area contributed by atoms with Gasteiger partial charge >= 0.3 is 0 Å². The Morgan fingerprint density at radius 3 is 2.47 bits per heavy atom. The molecule has 0 amide bonds. The van der Waals surface area contributed by atoms with Crippen LogP contribution in [-0.2, 0) is 10.2 Å². The van der Waals surface area contributed by atoms with Crippen LogP contribution in [0.15, 0.2) is 0 Å². The van der Waals surface area contributed by atoms with Crippen LogP contribution < -0.4 is 5.73 Å². The Morgan fingerprint density at radius 1 is 1.41 bits per heavy atom. The molecule has 0 atom stereocenters. The van der Waals surface area contributed by atoms with Crippen LogP contribution in [0.4, 0.5) is 0 Å². The molecule has 2 N–H and O–H groups in total. The van der Waals surface area contributed by atoms with Crippen LogP contribution in [-0.4, -0.2) is 62.3 Å². The minimum atomic E-state index is -3.25. The molecule has 0 aromatic carbocycles. The van der Waals surface area contributed by atoms with E-state index in [2.05, 4.69) is 0 Å². The van der Waals surface area contributed by atoms with Gasteiger partial charge in [0.2, 0.25) is 0 Å². The average Bonchev–Trinajstić information content (AvgIpc) is 2.35. The molecule has 7 heteroatoms. The molecule has 1 rings (SSSR count). The second kappa shape index (κ2) is 6.94. The van der Waals surface area contributed by atoms with Gasteiger partial charge in [0.15, 0.2) is 0 Å². The van der Waals surface area contributed by atoms with Crippen LogP contribution in [0.3, 0.4) is 0 Å². The molecule has 0 unspecified atom stereocenters. The number of rotatable bonds is 6. The van der Waals surface area contributed by atoms with E-state index in [1.807, 2.05) is 6.26 Å². The summed E-state index contributed by atoms with van der Waals surface area (Å²) in [6.45, 7) is 2.44. The molecule has 0 aromatic rings. The molecule has 0 bridgehead atoms. The fourth-order valence-corrected chi connectivity index (χ4v) is 3.87. The molecular weight excluding hydrogens is 258 g/mol. The molecule has 5 nitrogen and oxygen atoms in total. The maximum atomic E-state index is 12.2. The maximum Gasteiger partial charge on any atom is 0.281 e. The molecule has 0 saturated carbocycles. The van der Waals surface area contributed by atoms with Crippen molar-refractivity contribution >= 4 is 22.0 Å². The van der Waals surface area contributed by atoms with Gasteiger partial charge in [-0.3, -0.25) is 0 Å². The second-order valence-corrected chi connectivity index (χ2v) is 7.42. The van der Waals surface area contributed by atoms with Gasteiger partial charge in [0.1, 0.15) is 0 Å². The van der Waals surface area contributed by atoms with E-state index in [9.17, 15) is 8.42 Å². The predicted octanol–water partition coefficient (Wildman–Crippen LogP) is 0.197. The third kappa shape index (κ3) is 4.10. The van der Waals surface area contributed by atoms with Crippen molar-refractivity contribution in [1.82, 2.24) is 8.61 Å². The molecule has 1 fully saturated rings. The number of hydrogen-bond acceptors (Lipinski definition) is 4. The number of piperidine rings is 1. The summed E-state index contributed by atoms with van der Waals surface area (Å²) in [7, 11) is -1.60. The van der Waals surface area contributed by atoms with Crippen LogP contribution in [0.5, 0.6) is 0 Å². The van der Waals surface area contributed by atoms with E-state index < -0.39 is 10.2 Å². The molecule has 1 aliphatic rings. The van der Waals surface area contributed by atoms with Crippen LogP contribution in [0.25, 0.3) is 0 Å². The van der Waals surface area contributed by atoms with E-state index >= 15 is 0 Å². The molecule has 0 aliphatic carbocycles.